The van der Waals surface area contributed by atoms with E-state index in [4.69, 9.17) is 5.11 Å². The molecular formula is C12H19N3O2S. The lowest BCUT2D eigenvalue weighted by molar-refractivity contribution is 0.170. The maximum atomic E-state index is 12.2. The van der Waals surface area contributed by atoms with Gasteiger partial charge in [0.15, 0.2) is 0 Å². The Balaban J connectivity index is 1.95. The van der Waals surface area contributed by atoms with Crippen molar-refractivity contribution in [1.82, 2.24) is 15.2 Å². The van der Waals surface area contributed by atoms with E-state index < -0.39 is 0 Å². The first-order valence-electron chi connectivity index (χ1n) is 6.33. The van der Waals surface area contributed by atoms with Crippen LogP contribution in [0.5, 0.6) is 0 Å². The molecule has 1 aliphatic rings. The number of nitrogens with zero attached hydrogens (tertiary/aromatic N) is 2. The highest BCUT2D eigenvalue weighted by Gasteiger charge is 2.33. The predicted octanol–water partition coefficient (Wildman–Crippen LogP) is 1.76. The zero-order valence-corrected chi connectivity index (χ0v) is 11.3. The Morgan fingerprint density at radius 2 is 2.50 bits per heavy atom. The van der Waals surface area contributed by atoms with Crippen molar-refractivity contribution in [1.29, 1.82) is 0 Å². The van der Waals surface area contributed by atoms with Crippen molar-refractivity contribution in [2.45, 2.75) is 38.3 Å². The Bertz CT molecular complexity index is 379. The van der Waals surface area contributed by atoms with E-state index in [0.717, 1.165) is 24.3 Å². The molecule has 2 rings (SSSR count). The van der Waals surface area contributed by atoms with Gasteiger partial charge in [0, 0.05) is 24.2 Å². The van der Waals surface area contributed by atoms with Crippen LogP contribution >= 0.6 is 11.3 Å². The lowest BCUT2D eigenvalue weighted by atomic mass is 10.2. The van der Waals surface area contributed by atoms with E-state index in [1.807, 2.05) is 12.3 Å². The highest BCUT2D eigenvalue weighted by molar-refractivity contribution is 7.09. The van der Waals surface area contributed by atoms with E-state index in [1.165, 1.54) is 0 Å². The summed E-state index contributed by atoms with van der Waals surface area (Å²) < 4.78 is 0. The Labute approximate surface area is 111 Å². The summed E-state index contributed by atoms with van der Waals surface area (Å²) in [5.41, 5.74) is 0. The van der Waals surface area contributed by atoms with E-state index in [2.05, 4.69) is 10.3 Å². The van der Waals surface area contributed by atoms with Crippen LogP contribution in [0, 0.1) is 0 Å². The second kappa shape index (κ2) is 6.15. The lowest BCUT2D eigenvalue weighted by Crippen LogP contribution is -2.44. The molecule has 0 aliphatic heterocycles. The average Bonchev–Trinajstić information content (AvgIpc) is 3.07. The van der Waals surface area contributed by atoms with Gasteiger partial charge >= 0.3 is 6.03 Å². The molecular weight excluding hydrogens is 250 g/mol. The molecule has 0 radical (unpaired) electrons. The molecule has 0 saturated heterocycles. The largest absolute Gasteiger partial charge is 0.395 e. The Hall–Kier alpha value is -1.14. The number of aliphatic hydroxyl groups excluding tert-OH is 1. The maximum absolute atomic E-state index is 12.2. The van der Waals surface area contributed by atoms with Crippen LogP contribution in [0.4, 0.5) is 4.79 Å². The van der Waals surface area contributed by atoms with Crippen molar-refractivity contribution in [3.05, 3.63) is 16.6 Å². The van der Waals surface area contributed by atoms with Gasteiger partial charge in [0.2, 0.25) is 0 Å². The van der Waals surface area contributed by atoms with Crippen molar-refractivity contribution in [3.63, 3.8) is 0 Å². The van der Waals surface area contributed by atoms with Crippen LogP contribution in [-0.2, 0) is 0 Å². The van der Waals surface area contributed by atoms with Crippen molar-refractivity contribution >= 4 is 17.4 Å². The van der Waals surface area contributed by atoms with Gasteiger partial charge in [-0.25, -0.2) is 9.78 Å². The molecule has 2 N–H and O–H groups in total. The summed E-state index contributed by atoms with van der Waals surface area (Å²) in [6.45, 7) is 2.45. The molecule has 100 valence electrons. The fourth-order valence-electron chi connectivity index (χ4n) is 1.92. The molecule has 0 bridgehead atoms. The molecule has 1 unspecified atom stereocenters. The van der Waals surface area contributed by atoms with Crippen molar-refractivity contribution < 1.29 is 9.90 Å². The quantitative estimate of drug-likeness (QED) is 0.827. The molecule has 1 fully saturated rings. The summed E-state index contributed by atoms with van der Waals surface area (Å²) in [4.78, 5) is 18.1. The fraction of sp³-hybridized carbons (Fsp3) is 0.667. The molecule has 0 spiro atoms. The van der Waals surface area contributed by atoms with Gasteiger partial charge in [-0.2, -0.15) is 0 Å². The summed E-state index contributed by atoms with van der Waals surface area (Å²) >= 11 is 1.55. The predicted molar refractivity (Wildman–Crippen MR) is 70.5 cm³/mol. The van der Waals surface area contributed by atoms with Gasteiger partial charge in [0.25, 0.3) is 0 Å². The van der Waals surface area contributed by atoms with Crippen LogP contribution < -0.4 is 5.32 Å². The third-order valence-electron chi connectivity index (χ3n) is 3.04. The normalized spacial score (nSPS) is 16.3. The molecule has 1 saturated carbocycles. The zero-order chi connectivity index (χ0) is 13.0. The number of thiazole rings is 1. The molecule has 18 heavy (non-hydrogen) atoms. The van der Waals surface area contributed by atoms with Crippen molar-refractivity contribution in [3.8, 4) is 0 Å². The molecule has 2 amide bonds. The molecule has 6 heteroatoms. The average molecular weight is 269 g/mol. The highest BCUT2D eigenvalue weighted by atomic mass is 32.1. The minimum Gasteiger partial charge on any atom is -0.395 e. The Morgan fingerprint density at radius 1 is 1.72 bits per heavy atom. The van der Waals surface area contributed by atoms with Crippen LogP contribution in [0.3, 0.4) is 0 Å². The minimum atomic E-state index is -0.0893. The molecule has 5 nitrogen and oxygen atoms in total. The van der Waals surface area contributed by atoms with E-state index in [-0.39, 0.29) is 18.7 Å². The minimum absolute atomic E-state index is 0.0119. The Kier molecular flexibility index (Phi) is 4.54. The van der Waals surface area contributed by atoms with E-state index in [9.17, 15) is 4.79 Å². The van der Waals surface area contributed by atoms with Crippen molar-refractivity contribution in [2.75, 3.05) is 13.2 Å². The SMILES string of the molecule is CCC(NC(=O)N(CCO)C1CC1)c1nccs1. The lowest BCUT2D eigenvalue weighted by Gasteiger charge is -2.24. The smallest absolute Gasteiger partial charge is 0.318 e. The molecule has 1 atom stereocenters. The summed E-state index contributed by atoms with van der Waals surface area (Å²) in [6.07, 6.45) is 4.65. The summed E-state index contributed by atoms with van der Waals surface area (Å²) in [5.74, 6) is 0. The number of rotatable bonds is 6. The van der Waals surface area contributed by atoms with Crippen molar-refractivity contribution in [2.24, 2.45) is 0 Å². The maximum Gasteiger partial charge on any atom is 0.318 e. The number of nitrogens with one attached hydrogen (secondary N) is 1. The number of urea groups is 1. The number of hydrogen-bond donors (Lipinski definition) is 2. The van der Waals surface area contributed by atoms with Gasteiger partial charge < -0.3 is 15.3 Å². The molecule has 1 aromatic rings. The molecule has 0 aromatic carbocycles. The number of aliphatic hydroxyl groups is 1. The number of carbonyl (C=O) groups is 1. The molecule has 1 aromatic heterocycles. The number of amides is 2. The first kappa shape index (κ1) is 13.3. The number of hydrogen-bond acceptors (Lipinski definition) is 4. The molecule has 1 heterocycles. The summed E-state index contributed by atoms with van der Waals surface area (Å²) in [5, 5.41) is 14.9. The first-order chi connectivity index (χ1) is 8.76. The van der Waals surface area contributed by atoms with Gasteiger partial charge in [-0.1, -0.05) is 6.92 Å². The van der Waals surface area contributed by atoms with Crippen LogP contribution in [0.2, 0.25) is 0 Å². The van der Waals surface area contributed by atoms with Crippen LogP contribution in [-0.4, -0.2) is 40.2 Å². The molecule has 1 aliphatic carbocycles. The van der Waals surface area contributed by atoms with E-state index >= 15 is 0 Å². The topological polar surface area (TPSA) is 65.5 Å². The van der Waals surface area contributed by atoms with E-state index in [0.29, 0.717) is 12.6 Å². The number of aromatic nitrogens is 1. The van der Waals surface area contributed by atoms with Gasteiger partial charge in [0.1, 0.15) is 5.01 Å². The Morgan fingerprint density at radius 3 is 3.00 bits per heavy atom. The van der Waals surface area contributed by atoms with Crippen LogP contribution in [0.1, 0.15) is 37.2 Å². The standard InChI is InChI=1S/C12H19N3O2S/c1-2-10(11-13-5-8-18-11)14-12(17)15(6-7-16)9-3-4-9/h5,8-10,16H,2-4,6-7H2,1H3,(H,14,17). The second-order valence-corrected chi connectivity index (χ2v) is 5.35. The van der Waals surface area contributed by atoms with Crippen LogP contribution in [0.25, 0.3) is 0 Å². The summed E-state index contributed by atoms with van der Waals surface area (Å²) in [7, 11) is 0. The zero-order valence-electron chi connectivity index (χ0n) is 10.5. The summed E-state index contributed by atoms with van der Waals surface area (Å²) in [6, 6.07) is 0.192. The van der Waals surface area contributed by atoms with Crippen LogP contribution in [0.15, 0.2) is 11.6 Å². The second-order valence-electron chi connectivity index (χ2n) is 4.43. The van der Waals surface area contributed by atoms with Gasteiger partial charge in [0.05, 0.1) is 12.6 Å². The van der Waals surface area contributed by atoms with Gasteiger partial charge in [-0.15, -0.1) is 11.3 Å². The third kappa shape index (κ3) is 3.20. The fourth-order valence-corrected chi connectivity index (χ4v) is 2.69. The monoisotopic (exact) mass is 269 g/mol. The van der Waals surface area contributed by atoms with Gasteiger partial charge in [-0.05, 0) is 19.3 Å². The van der Waals surface area contributed by atoms with E-state index in [1.54, 1.807) is 22.4 Å². The van der Waals surface area contributed by atoms with Gasteiger partial charge in [-0.3, -0.25) is 0 Å². The number of carbonyl (C=O) groups excluding carboxylic acids is 1. The third-order valence-corrected chi connectivity index (χ3v) is 3.93. The first-order valence-corrected chi connectivity index (χ1v) is 7.21. The highest BCUT2D eigenvalue weighted by Crippen LogP contribution is 2.27.